The van der Waals surface area contributed by atoms with E-state index in [9.17, 15) is 13.5 Å². The molecule has 6 heteroatoms. The molecule has 18 heavy (non-hydrogen) atoms. The van der Waals surface area contributed by atoms with Crippen molar-refractivity contribution in [1.29, 1.82) is 0 Å². The van der Waals surface area contributed by atoms with Gasteiger partial charge < -0.3 is 9.67 Å². The third kappa shape index (κ3) is 2.59. The molecule has 0 aromatic carbocycles. The van der Waals surface area contributed by atoms with Crippen LogP contribution in [0.3, 0.4) is 0 Å². The summed E-state index contributed by atoms with van der Waals surface area (Å²) in [6.07, 6.45) is 5.42. The molecule has 1 N–H and O–H groups in total. The van der Waals surface area contributed by atoms with E-state index in [1.54, 1.807) is 12.4 Å². The van der Waals surface area contributed by atoms with E-state index in [4.69, 9.17) is 0 Å². The Labute approximate surface area is 108 Å². The first-order valence-electron chi connectivity index (χ1n) is 6.47. The highest BCUT2D eigenvalue weighted by molar-refractivity contribution is 7.92. The average molecular weight is 272 g/mol. The van der Waals surface area contributed by atoms with Crippen LogP contribution in [0.5, 0.6) is 0 Å². The monoisotopic (exact) mass is 272 g/mol. The van der Waals surface area contributed by atoms with Crippen molar-refractivity contribution in [2.24, 2.45) is 0 Å². The Morgan fingerprint density at radius 1 is 1.56 bits per heavy atom. The molecular formula is C12H20N2O3S. The van der Waals surface area contributed by atoms with Gasteiger partial charge in [-0.3, -0.25) is 0 Å². The van der Waals surface area contributed by atoms with Gasteiger partial charge in [0.15, 0.2) is 9.84 Å². The van der Waals surface area contributed by atoms with Crippen LogP contribution in [0.2, 0.25) is 0 Å². The van der Waals surface area contributed by atoms with Crippen molar-refractivity contribution in [3.05, 3.63) is 18.2 Å². The Morgan fingerprint density at radius 3 is 3.00 bits per heavy atom. The van der Waals surface area contributed by atoms with Crippen molar-refractivity contribution >= 4 is 9.84 Å². The van der Waals surface area contributed by atoms with Crippen LogP contribution in [-0.2, 0) is 16.4 Å². The van der Waals surface area contributed by atoms with Crippen LogP contribution in [0.1, 0.15) is 44.5 Å². The lowest BCUT2D eigenvalue weighted by molar-refractivity contribution is 0.150. The summed E-state index contributed by atoms with van der Waals surface area (Å²) < 4.78 is 25.8. The van der Waals surface area contributed by atoms with E-state index in [0.29, 0.717) is 18.7 Å². The molecular weight excluding hydrogens is 252 g/mol. The number of aliphatic hydroxyl groups excluding tert-OH is 1. The zero-order valence-electron chi connectivity index (χ0n) is 10.6. The molecule has 2 rings (SSSR count). The molecule has 1 aliphatic heterocycles. The maximum absolute atomic E-state index is 12.0. The molecule has 2 heterocycles. The molecule has 0 bridgehead atoms. The first-order valence-corrected chi connectivity index (χ1v) is 8.18. The number of hydrogen-bond donors (Lipinski definition) is 1. The Bertz CT molecular complexity index is 495. The molecule has 1 saturated heterocycles. The summed E-state index contributed by atoms with van der Waals surface area (Å²) >= 11 is 0. The largest absolute Gasteiger partial charge is 0.384 e. The van der Waals surface area contributed by atoms with Gasteiger partial charge in [0.25, 0.3) is 0 Å². The maximum Gasteiger partial charge on any atom is 0.156 e. The Kier molecular flexibility index (Phi) is 4.07. The molecule has 5 nitrogen and oxygen atoms in total. The van der Waals surface area contributed by atoms with Crippen molar-refractivity contribution in [3.63, 3.8) is 0 Å². The number of aliphatic hydroxyl groups is 1. The number of sulfone groups is 1. The summed E-state index contributed by atoms with van der Waals surface area (Å²) in [7, 11) is -3.18. The summed E-state index contributed by atoms with van der Waals surface area (Å²) in [5.74, 6) is 0.663. The van der Waals surface area contributed by atoms with Gasteiger partial charge in [0.1, 0.15) is 11.9 Å². The zero-order chi connectivity index (χ0) is 13.2. The molecule has 0 saturated carbocycles. The normalized spacial score (nSPS) is 24.9. The number of aryl methyl sites for hydroxylation is 1. The fourth-order valence-corrected chi connectivity index (χ4v) is 4.47. The first-order chi connectivity index (χ1) is 8.56. The van der Waals surface area contributed by atoms with Crippen LogP contribution in [0.4, 0.5) is 0 Å². The van der Waals surface area contributed by atoms with Gasteiger partial charge in [-0.15, -0.1) is 0 Å². The summed E-state index contributed by atoms with van der Waals surface area (Å²) in [4.78, 5) is 4.12. The zero-order valence-corrected chi connectivity index (χ0v) is 11.4. The number of nitrogens with zero attached hydrogens (tertiary/aromatic N) is 2. The maximum atomic E-state index is 12.0. The second-order valence-electron chi connectivity index (χ2n) is 4.82. The lowest BCUT2D eigenvalue weighted by Gasteiger charge is -2.26. The van der Waals surface area contributed by atoms with E-state index in [0.717, 1.165) is 19.4 Å². The van der Waals surface area contributed by atoms with Gasteiger partial charge in [-0.05, 0) is 19.3 Å². The number of aromatic nitrogens is 2. The van der Waals surface area contributed by atoms with Gasteiger partial charge in [0.2, 0.25) is 0 Å². The molecule has 1 aromatic heterocycles. The Morgan fingerprint density at radius 2 is 2.33 bits per heavy atom. The van der Waals surface area contributed by atoms with E-state index < -0.39 is 21.2 Å². The fraction of sp³-hybridized carbons (Fsp3) is 0.750. The molecule has 1 aromatic rings. The minimum Gasteiger partial charge on any atom is -0.384 e. The quantitative estimate of drug-likeness (QED) is 0.896. The van der Waals surface area contributed by atoms with Crippen molar-refractivity contribution < 1.29 is 13.5 Å². The van der Waals surface area contributed by atoms with Gasteiger partial charge in [-0.1, -0.05) is 13.3 Å². The van der Waals surface area contributed by atoms with Gasteiger partial charge >= 0.3 is 0 Å². The van der Waals surface area contributed by atoms with Crippen molar-refractivity contribution in [2.45, 2.75) is 50.5 Å². The standard InChI is InChI=1S/C12H20N2O3S/c1-2-7-14-8-6-13-12(14)11(15)10-5-3-4-9-18(10,16)17/h6,8,10-11,15H,2-5,7,9H2,1H3. The summed E-state index contributed by atoms with van der Waals surface area (Å²) in [6, 6.07) is 0. The smallest absolute Gasteiger partial charge is 0.156 e. The minimum atomic E-state index is -3.18. The molecule has 1 aliphatic rings. The van der Waals surface area contributed by atoms with Gasteiger partial charge in [-0.2, -0.15) is 0 Å². The second kappa shape index (κ2) is 5.40. The highest BCUT2D eigenvalue weighted by atomic mass is 32.2. The van der Waals surface area contributed by atoms with Crippen molar-refractivity contribution in [3.8, 4) is 0 Å². The third-order valence-electron chi connectivity index (χ3n) is 3.46. The Hall–Kier alpha value is -0.880. The molecule has 102 valence electrons. The van der Waals surface area contributed by atoms with Crippen LogP contribution in [0.15, 0.2) is 12.4 Å². The average Bonchev–Trinajstić information content (AvgIpc) is 2.76. The molecule has 2 unspecified atom stereocenters. The van der Waals surface area contributed by atoms with Crippen molar-refractivity contribution in [1.82, 2.24) is 9.55 Å². The van der Waals surface area contributed by atoms with Crippen LogP contribution < -0.4 is 0 Å². The number of imidazole rings is 1. The fourth-order valence-electron chi connectivity index (χ4n) is 2.52. The highest BCUT2D eigenvalue weighted by Gasteiger charge is 2.37. The summed E-state index contributed by atoms with van der Waals surface area (Å²) in [5, 5.41) is 9.62. The predicted octanol–water partition coefficient (Wildman–Crippen LogP) is 1.29. The van der Waals surface area contributed by atoms with Crippen LogP contribution in [-0.4, -0.2) is 34.1 Å². The molecule has 0 spiro atoms. The Balaban J connectivity index is 2.24. The molecule has 2 atom stereocenters. The lowest BCUT2D eigenvalue weighted by Crippen LogP contribution is -2.35. The lowest BCUT2D eigenvalue weighted by atomic mass is 10.1. The van der Waals surface area contributed by atoms with E-state index in [2.05, 4.69) is 4.98 Å². The molecule has 1 fully saturated rings. The van der Waals surface area contributed by atoms with E-state index >= 15 is 0 Å². The third-order valence-corrected chi connectivity index (χ3v) is 5.73. The van der Waals surface area contributed by atoms with E-state index in [-0.39, 0.29) is 5.75 Å². The molecule has 0 radical (unpaired) electrons. The molecule has 0 aliphatic carbocycles. The second-order valence-corrected chi connectivity index (χ2v) is 7.16. The van der Waals surface area contributed by atoms with Gasteiger partial charge in [-0.25, -0.2) is 13.4 Å². The van der Waals surface area contributed by atoms with Crippen molar-refractivity contribution in [2.75, 3.05) is 5.75 Å². The summed E-state index contributed by atoms with van der Waals surface area (Å²) in [6.45, 7) is 2.78. The molecule has 0 amide bonds. The first kappa shape index (κ1) is 13.5. The summed E-state index contributed by atoms with van der Waals surface area (Å²) in [5.41, 5.74) is 0. The van der Waals surface area contributed by atoms with E-state index in [1.807, 2.05) is 11.5 Å². The SMILES string of the molecule is CCCn1ccnc1C(O)C1CCCCS1(=O)=O. The number of rotatable bonds is 4. The predicted molar refractivity (Wildman–Crippen MR) is 68.9 cm³/mol. The van der Waals surface area contributed by atoms with Crippen LogP contribution in [0, 0.1) is 0 Å². The van der Waals surface area contributed by atoms with Crippen LogP contribution in [0.25, 0.3) is 0 Å². The highest BCUT2D eigenvalue weighted by Crippen LogP contribution is 2.30. The van der Waals surface area contributed by atoms with Gasteiger partial charge in [0.05, 0.1) is 11.0 Å². The minimum absolute atomic E-state index is 0.184. The number of hydrogen-bond acceptors (Lipinski definition) is 4. The van der Waals surface area contributed by atoms with Gasteiger partial charge in [0, 0.05) is 18.9 Å². The van der Waals surface area contributed by atoms with E-state index in [1.165, 1.54) is 0 Å². The van der Waals surface area contributed by atoms with Crippen LogP contribution >= 0.6 is 0 Å². The topological polar surface area (TPSA) is 72.2 Å².